The van der Waals surface area contributed by atoms with Gasteiger partial charge in [-0.25, -0.2) is 4.39 Å². The second kappa shape index (κ2) is 5.71. The van der Waals surface area contributed by atoms with Crippen molar-refractivity contribution in [3.63, 3.8) is 0 Å². The van der Waals surface area contributed by atoms with E-state index in [9.17, 15) is 4.39 Å². The average molecular weight is 338 g/mol. The Morgan fingerprint density at radius 1 is 1.20 bits per heavy atom. The summed E-state index contributed by atoms with van der Waals surface area (Å²) in [6.45, 7) is 2.06. The van der Waals surface area contributed by atoms with Gasteiger partial charge in [0.05, 0.1) is 15.8 Å². The normalized spacial score (nSPS) is 10.4. The quantitative estimate of drug-likeness (QED) is 0.821. The maximum atomic E-state index is 13.4. The summed E-state index contributed by atoms with van der Waals surface area (Å²) < 4.78 is 13.7. The number of halogens is 2. The molecule has 2 aromatic rings. The van der Waals surface area contributed by atoms with E-state index >= 15 is 0 Å². The second-order valence-corrected chi connectivity index (χ2v) is 5.73. The summed E-state index contributed by atoms with van der Waals surface area (Å²) in [5.74, 6) is -0.370. The van der Waals surface area contributed by atoms with Crippen molar-refractivity contribution in [3.8, 4) is 0 Å². The van der Waals surface area contributed by atoms with Gasteiger partial charge in [0.25, 0.3) is 0 Å². The molecule has 0 aromatic heterocycles. The molecule has 0 aliphatic rings. The Hall–Kier alpha value is -1.75. The third-order valence-electron chi connectivity index (χ3n) is 3.06. The highest BCUT2D eigenvalue weighted by molar-refractivity contribution is 9.10. The van der Waals surface area contributed by atoms with Crippen LogP contribution in [0.3, 0.4) is 0 Å². The molecule has 0 saturated heterocycles. The molecular weight excluding hydrogens is 321 g/mol. The van der Waals surface area contributed by atoms with E-state index in [-0.39, 0.29) is 5.82 Å². The lowest BCUT2D eigenvalue weighted by atomic mass is 10.1. The highest BCUT2D eigenvalue weighted by Crippen LogP contribution is 2.31. The third kappa shape index (κ3) is 3.04. The Labute approximate surface area is 126 Å². The minimum Gasteiger partial charge on any atom is -0.397 e. The number of hydrogen-bond donors (Lipinski definition) is 2. The molecule has 20 heavy (non-hydrogen) atoms. The number of hydrogen-bond acceptors (Lipinski definition) is 3. The van der Waals surface area contributed by atoms with Gasteiger partial charge in [-0.1, -0.05) is 6.07 Å². The molecule has 3 N–H and O–H groups in total. The Balaban J connectivity index is 2.35. The Morgan fingerprint density at radius 2 is 1.90 bits per heavy atom. The lowest BCUT2D eigenvalue weighted by Crippen LogP contribution is -2.10. The van der Waals surface area contributed by atoms with Gasteiger partial charge in [-0.2, -0.15) is 0 Å². The monoisotopic (exact) mass is 337 g/mol. The molecule has 0 radical (unpaired) electrons. The van der Waals surface area contributed by atoms with Crippen LogP contribution in [0.15, 0.2) is 34.8 Å². The fourth-order valence-corrected chi connectivity index (χ4v) is 2.34. The van der Waals surface area contributed by atoms with E-state index in [0.717, 1.165) is 11.4 Å². The molecule has 0 bridgehead atoms. The molecule has 0 aliphatic carbocycles. The number of aryl methyl sites for hydroxylation is 1. The van der Waals surface area contributed by atoms with Crippen LogP contribution in [-0.4, -0.2) is 14.1 Å². The minimum atomic E-state index is -0.370. The number of benzene rings is 2. The van der Waals surface area contributed by atoms with Crippen LogP contribution in [0.25, 0.3) is 0 Å². The molecule has 0 heterocycles. The van der Waals surface area contributed by atoms with Gasteiger partial charge in [0, 0.05) is 31.5 Å². The zero-order chi connectivity index (χ0) is 14.9. The van der Waals surface area contributed by atoms with Crippen LogP contribution in [0.4, 0.5) is 27.1 Å². The first-order valence-electron chi connectivity index (χ1n) is 6.18. The van der Waals surface area contributed by atoms with Crippen LogP contribution < -0.4 is 16.0 Å². The van der Waals surface area contributed by atoms with Crippen molar-refractivity contribution in [3.05, 3.63) is 46.2 Å². The summed E-state index contributed by atoms with van der Waals surface area (Å²) in [6.07, 6.45) is 0. The SMILES string of the molecule is Cc1ccc(Nc2cc(Br)c(F)cc2N)cc1N(C)C. The van der Waals surface area contributed by atoms with Gasteiger partial charge in [-0.3, -0.25) is 0 Å². The van der Waals surface area contributed by atoms with Crippen LogP contribution in [-0.2, 0) is 0 Å². The van der Waals surface area contributed by atoms with Gasteiger partial charge in [0.1, 0.15) is 5.82 Å². The van der Waals surface area contributed by atoms with Gasteiger partial charge in [0.15, 0.2) is 0 Å². The zero-order valence-corrected chi connectivity index (χ0v) is 13.3. The van der Waals surface area contributed by atoms with Crippen molar-refractivity contribution in [1.82, 2.24) is 0 Å². The molecule has 0 atom stereocenters. The summed E-state index contributed by atoms with van der Waals surface area (Å²) in [7, 11) is 3.99. The molecule has 0 spiro atoms. The molecule has 2 aromatic carbocycles. The fourth-order valence-electron chi connectivity index (χ4n) is 1.99. The van der Waals surface area contributed by atoms with E-state index in [1.54, 1.807) is 6.07 Å². The van der Waals surface area contributed by atoms with E-state index in [4.69, 9.17) is 5.73 Å². The van der Waals surface area contributed by atoms with E-state index in [0.29, 0.717) is 15.8 Å². The summed E-state index contributed by atoms with van der Waals surface area (Å²) in [6, 6.07) is 8.98. The molecule has 0 unspecified atom stereocenters. The standard InChI is InChI=1S/C15H17BrFN3/c1-9-4-5-10(6-15(9)20(2)3)19-14-7-11(16)12(17)8-13(14)18/h4-8,19H,18H2,1-3H3. The molecule has 2 rings (SSSR count). The van der Waals surface area contributed by atoms with E-state index in [1.165, 1.54) is 11.6 Å². The molecule has 0 amide bonds. The predicted octanol–water partition coefficient (Wildman–Crippen LogP) is 4.29. The van der Waals surface area contributed by atoms with Gasteiger partial charge in [-0.15, -0.1) is 0 Å². The number of nitrogens with one attached hydrogen (secondary N) is 1. The second-order valence-electron chi connectivity index (χ2n) is 4.87. The van der Waals surface area contributed by atoms with Gasteiger partial charge >= 0.3 is 0 Å². The Morgan fingerprint density at radius 3 is 2.55 bits per heavy atom. The molecule has 3 nitrogen and oxygen atoms in total. The van der Waals surface area contributed by atoms with Crippen LogP contribution in [0.5, 0.6) is 0 Å². The fraction of sp³-hybridized carbons (Fsp3) is 0.200. The van der Waals surface area contributed by atoms with Crippen molar-refractivity contribution in [2.75, 3.05) is 30.0 Å². The zero-order valence-electron chi connectivity index (χ0n) is 11.7. The lowest BCUT2D eigenvalue weighted by molar-refractivity contribution is 0.622. The maximum absolute atomic E-state index is 13.4. The molecule has 0 aliphatic heterocycles. The Kier molecular flexibility index (Phi) is 4.18. The van der Waals surface area contributed by atoms with Crippen molar-refractivity contribution in [2.24, 2.45) is 0 Å². The van der Waals surface area contributed by atoms with Gasteiger partial charge in [0.2, 0.25) is 0 Å². The van der Waals surface area contributed by atoms with Crippen LogP contribution in [0.2, 0.25) is 0 Å². The first-order chi connectivity index (χ1) is 9.38. The summed E-state index contributed by atoms with van der Waals surface area (Å²) in [5.41, 5.74) is 10.1. The molecule has 5 heteroatoms. The highest BCUT2D eigenvalue weighted by atomic mass is 79.9. The summed E-state index contributed by atoms with van der Waals surface area (Å²) in [4.78, 5) is 2.05. The summed E-state index contributed by atoms with van der Waals surface area (Å²) in [5, 5.41) is 3.21. The minimum absolute atomic E-state index is 0.370. The van der Waals surface area contributed by atoms with E-state index < -0.39 is 0 Å². The van der Waals surface area contributed by atoms with E-state index in [1.807, 2.05) is 37.2 Å². The van der Waals surface area contributed by atoms with Crippen LogP contribution >= 0.6 is 15.9 Å². The summed E-state index contributed by atoms with van der Waals surface area (Å²) >= 11 is 3.16. The van der Waals surface area contributed by atoms with Crippen LogP contribution in [0, 0.1) is 12.7 Å². The number of rotatable bonds is 3. The molecule has 106 valence electrons. The third-order valence-corrected chi connectivity index (χ3v) is 3.67. The molecule has 0 saturated carbocycles. The van der Waals surface area contributed by atoms with Gasteiger partial charge < -0.3 is 16.0 Å². The Bertz CT molecular complexity index is 641. The molecule has 0 fully saturated rings. The number of nitrogens with zero attached hydrogens (tertiary/aromatic N) is 1. The predicted molar refractivity (Wildman–Crippen MR) is 87.3 cm³/mol. The van der Waals surface area contributed by atoms with Crippen molar-refractivity contribution >= 4 is 38.7 Å². The number of anilines is 4. The van der Waals surface area contributed by atoms with Crippen LogP contribution in [0.1, 0.15) is 5.56 Å². The first kappa shape index (κ1) is 14.7. The molecular formula is C15H17BrFN3. The lowest BCUT2D eigenvalue weighted by Gasteiger charge is -2.18. The topological polar surface area (TPSA) is 41.3 Å². The van der Waals surface area contributed by atoms with Crippen molar-refractivity contribution in [2.45, 2.75) is 6.92 Å². The smallest absolute Gasteiger partial charge is 0.139 e. The van der Waals surface area contributed by atoms with Crippen molar-refractivity contribution < 1.29 is 4.39 Å². The average Bonchev–Trinajstić information content (AvgIpc) is 2.37. The van der Waals surface area contributed by atoms with E-state index in [2.05, 4.69) is 28.2 Å². The number of nitrogens with two attached hydrogens (primary N) is 1. The van der Waals surface area contributed by atoms with Crippen molar-refractivity contribution in [1.29, 1.82) is 0 Å². The largest absolute Gasteiger partial charge is 0.397 e. The highest BCUT2D eigenvalue weighted by Gasteiger charge is 2.08. The first-order valence-corrected chi connectivity index (χ1v) is 6.97. The maximum Gasteiger partial charge on any atom is 0.139 e. The number of nitrogen functional groups attached to an aromatic ring is 1. The van der Waals surface area contributed by atoms with Gasteiger partial charge in [-0.05, 0) is 46.6 Å².